The van der Waals surface area contributed by atoms with Gasteiger partial charge in [-0.3, -0.25) is 9.55 Å². The average molecular weight is 501 g/mol. The van der Waals surface area contributed by atoms with E-state index in [0.717, 1.165) is 27.4 Å². The van der Waals surface area contributed by atoms with Crippen LogP contribution in [0.5, 0.6) is 23.0 Å². The molecule has 0 saturated heterocycles. The van der Waals surface area contributed by atoms with E-state index in [0.29, 0.717) is 34.3 Å². The van der Waals surface area contributed by atoms with Gasteiger partial charge in [-0.25, -0.2) is 0 Å². The predicted octanol–water partition coefficient (Wildman–Crippen LogP) is 5.51. The fraction of sp³-hybridized carbons (Fsp3) is 0.148. The Bertz CT molecular complexity index is 1500. The molecule has 0 unspecified atom stereocenters. The fourth-order valence-corrected chi connectivity index (χ4v) is 5.01. The largest absolute Gasteiger partial charge is 0.506 e. The van der Waals surface area contributed by atoms with E-state index in [-0.39, 0.29) is 5.75 Å². The van der Waals surface area contributed by atoms with Crippen molar-refractivity contribution < 1.29 is 19.3 Å². The summed E-state index contributed by atoms with van der Waals surface area (Å²) in [5.41, 5.74) is 3.31. The second-order valence-corrected chi connectivity index (χ2v) is 8.77. The van der Waals surface area contributed by atoms with E-state index in [1.807, 2.05) is 65.2 Å². The molecule has 0 aliphatic rings. The SMILES string of the molecule is COc1cc(-c2nnc(SCc3ccc(O)c4ncccc34)n2-c2ccccc2)cc(OC)c1OC. The number of phenolic OH excluding ortho intramolecular Hbond substituents is 1. The topological polar surface area (TPSA) is 91.5 Å². The van der Waals surface area contributed by atoms with Crippen molar-refractivity contribution in [3.63, 3.8) is 0 Å². The molecule has 0 aliphatic heterocycles. The van der Waals surface area contributed by atoms with Crippen molar-refractivity contribution in [2.75, 3.05) is 21.3 Å². The van der Waals surface area contributed by atoms with E-state index >= 15 is 0 Å². The maximum absolute atomic E-state index is 10.2. The number of rotatable bonds is 8. The van der Waals surface area contributed by atoms with E-state index in [2.05, 4.69) is 15.2 Å². The van der Waals surface area contributed by atoms with Gasteiger partial charge in [-0.15, -0.1) is 10.2 Å². The number of aromatic hydroxyl groups is 1. The number of hydrogen-bond donors (Lipinski definition) is 1. The van der Waals surface area contributed by atoms with Crippen LogP contribution >= 0.6 is 11.8 Å². The summed E-state index contributed by atoms with van der Waals surface area (Å²) in [4.78, 5) is 4.33. The molecule has 0 spiro atoms. The van der Waals surface area contributed by atoms with E-state index < -0.39 is 0 Å². The zero-order chi connectivity index (χ0) is 25.1. The molecule has 182 valence electrons. The van der Waals surface area contributed by atoms with Gasteiger partial charge in [0.15, 0.2) is 22.5 Å². The lowest BCUT2D eigenvalue weighted by molar-refractivity contribution is 0.324. The van der Waals surface area contributed by atoms with Crippen molar-refractivity contribution in [3.05, 3.63) is 78.5 Å². The molecule has 3 aromatic carbocycles. The number of nitrogens with zero attached hydrogens (tertiary/aromatic N) is 4. The van der Waals surface area contributed by atoms with Gasteiger partial charge in [0, 0.05) is 28.6 Å². The van der Waals surface area contributed by atoms with E-state index in [1.165, 1.54) is 0 Å². The van der Waals surface area contributed by atoms with Gasteiger partial charge in [0.2, 0.25) is 5.75 Å². The molecule has 36 heavy (non-hydrogen) atoms. The lowest BCUT2D eigenvalue weighted by Crippen LogP contribution is -2.01. The minimum absolute atomic E-state index is 0.163. The molecule has 5 aromatic rings. The van der Waals surface area contributed by atoms with Gasteiger partial charge < -0.3 is 19.3 Å². The Morgan fingerprint density at radius 1 is 0.861 bits per heavy atom. The molecule has 0 atom stereocenters. The zero-order valence-electron chi connectivity index (χ0n) is 20.0. The second kappa shape index (κ2) is 10.2. The Balaban J connectivity index is 1.59. The Morgan fingerprint density at radius 2 is 1.61 bits per heavy atom. The van der Waals surface area contributed by atoms with Crippen LogP contribution in [0.2, 0.25) is 0 Å². The van der Waals surface area contributed by atoms with Crippen molar-refractivity contribution in [1.29, 1.82) is 0 Å². The van der Waals surface area contributed by atoms with Gasteiger partial charge in [0.05, 0.1) is 21.3 Å². The highest BCUT2D eigenvalue weighted by atomic mass is 32.2. The van der Waals surface area contributed by atoms with Gasteiger partial charge in [-0.05, 0) is 42.0 Å². The molecule has 2 heterocycles. The highest BCUT2D eigenvalue weighted by molar-refractivity contribution is 7.98. The number of fused-ring (bicyclic) bond motifs is 1. The number of ether oxygens (including phenoxy) is 3. The van der Waals surface area contributed by atoms with Crippen LogP contribution in [0.1, 0.15) is 5.56 Å². The predicted molar refractivity (Wildman–Crippen MR) is 139 cm³/mol. The molecular formula is C27H24N4O4S. The van der Waals surface area contributed by atoms with Crippen molar-refractivity contribution in [1.82, 2.24) is 19.7 Å². The number of methoxy groups -OCH3 is 3. The van der Waals surface area contributed by atoms with Crippen molar-refractivity contribution in [2.24, 2.45) is 0 Å². The minimum Gasteiger partial charge on any atom is -0.506 e. The molecule has 1 N–H and O–H groups in total. The first-order valence-corrected chi connectivity index (χ1v) is 12.1. The van der Waals surface area contributed by atoms with Crippen LogP contribution in [0, 0.1) is 0 Å². The summed E-state index contributed by atoms with van der Waals surface area (Å²) in [5, 5.41) is 20.9. The van der Waals surface area contributed by atoms with E-state index in [9.17, 15) is 5.11 Å². The molecular weight excluding hydrogens is 476 g/mol. The zero-order valence-corrected chi connectivity index (χ0v) is 20.8. The molecule has 0 aliphatic carbocycles. The normalized spacial score (nSPS) is 11.0. The molecule has 0 radical (unpaired) electrons. The Kier molecular flexibility index (Phi) is 6.64. The van der Waals surface area contributed by atoms with Gasteiger partial charge in [0.1, 0.15) is 11.3 Å². The summed E-state index contributed by atoms with van der Waals surface area (Å²) >= 11 is 1.55. The first-order valence-electron chi connectivity index (χ1n) is 11.1. The molecule has 0 amide bonds. The fourth-order valence-electron chi connectivity index (χ4n) is 4.06. The monoisotopic (exact) mass is 500 g/mol. The summed E-state index contributed by atoms with van der Waals surface area (Å²) in [6, 6.07) is 21.1. The number of aromatic nitrogens is 4. The quantitative estimate of drug-likeness (QED) is 0.279. The second-order valence-electron chi connectivity index (χ2n) is 7.82. The summed E-state index contributed by atoms with van der Waals surface area (Å²) in [5.74, 6) is 3.00. The Labute approximate surface area is 212 Å². The van der Waals surface area contributed by atoms with Crippen LogP contribution < -0.4 is 14.2 Å². The smallest absolute Gasteiger partial charge is 0.203 e. The average Bonchev–Trinajstić information content (AvgIpc) is 3.36. The first-order chi connectivity index (χ1) is 17.6. The van der Waals surface area contributed by atoms with Gasteiger partial charge in [-0.1, -0.05) is 42.1 Å². The van der Waals surface area contributed by atoms with Crippen LogP contribution in [0.4, 0.5) is 0 Å². The minimum atomic E-state index is 0.163. The molecule has 2 aromatic heterocycles. The standard InChI is InChI=1S/C27H24N4O4S/c1-33-22-14-18(15-23(34-2)25(22)35-3)26-29-30-27(31(26)19-8-5-4-6-9-19)36-16-17-11-12-21(32)24-20(17)10-7-13-28-24/h4-15,32H,16H2,1-3H3. The van der Waals surface area contributed by atoms with Gasteiger partial charge in [-0.2, -0.15) is 0 Å². The highest BCUT2D eigenvalue weighted by Gasteiger charge is 2.21. The molecule has 8 nitrogen and oxygen atoms in total. The summed E-state index contributed by atoms with van der Waals surface area (Å²) in [6.07, 6.45) is 1.68. The lowest BCUT2D eigenvalue weighted by Gasteiger charge is -2.15. The van der Waals surface area contributed by atoms with Crippen molar-refractivity contribution in [2.45, 2.75) is 10.9 Å². The van der Waals surface area contributed by atoms with Crippen LogP contribution in [-0.2, 0) is 5.75 Å². The molecule has 0 saturated carbocycles. The van der Waals surface area contributed by atoms with E-state index in [4.69, 9.17) is 14.2 Å². The number of benzene rings is 3. The van der Waals surface area contributed by atoms with Gasteiger partial charge >= 0.3 is 0 Å². The van der Waals surface area contributed by atoms with Crippen LogP contribution in [0.3, 0.4) is 0 Å². The van der Waals surface area contributed by atoms with Crippen LogP contribution in [0.25, 0.3) is 28.0 Å². The Hall–Kier alpha value is -4.24. The maximum atomic E-state index is 10.2. The first kappa shape index (κ1) is 23.5. The van der Waals surface area contributed by atoms with Crippen LogP contribution in [-0.4, -0.2) is 46.2 Å². The van der Waals surface area contributed by atoms with Crippen LogP contribution in [0.15, 0.2) is 78.1 Å². The molecule has 5 rings (SSSR count). The third kappa shape index (κ3) is 4.29. The van der Waals surface area contributed by atoms with Crippen molar-refractivity contribution in [3.8, 4) is 40.1 Å². The summed E-state index contributed by atoms with van der Waals surface area (Å²) in [6.45, 7) is 0. The number of thioether (sulfide) groups is 1. The summed E-state index contributed by atoms with van der Waals surface area (Å²) < 4.78 is 18.6. The maximum Gasteiger partial charge on any atom is 0.203 e. The van der Waals surface area contributed by atoms with Gasteiger partial charge in [0.25, 0.3) is 0 Å². The molecule has 0 fully saturated rings. The van der Waals surface area contributed by atoms with E-state index in [1.54, 1.807) is 45.4 Å². The third-order valence-corrected chi connectivity index (χ3v) is 6.74. The highest BCUT2D eigenvalue weighted by Crippen LogP contribution is 2.42. The number of para-hydroxylation sites is 1. The summed E-state index contributed by atoms with van der Waals surface area (Å²) in [7, 11) is 4.74. The molecule has 9 heteroatoms. The third-order valence-electron chi connectivity index (χ3n) is 5.77. The molecule has 0 bridgehead atoms. The Morgan fingerprint density at radius 3 is 2.31 bits per heavy atom. The number of pyridine rings is 1. The number of hydrogen-bond acceptors (Lipinski definition) is 8. The lowest BCUT2D eigenvalue weighted by atomic mass is 10.1. The number of phenols is 1. The van der Waals surface area contributed by atoms with Crippen molar-refractivity contribution >= 4 is 22.7 Å².